The summed E-state index contributed by atoms with van der Waals surface area (Å²) >= 11 is 0. The van der Waals surface area contributed by atoms with Crippen molar-refractivity contribution in [2.75, 3.05) is 34.3 Å². The van der Waals surface area contributed by atoms with Gasteiger partial charge >= 0.3 is 5.97 Å². The Labute approximate surface area is 99.3 Å². The van der Waals surface area contributed by atoms with E-state index in [1.165, 1.54) is 7.11 Å². The molecule has 0 saturated heterocycles. The van der Waals surface area contributed by atoms with Crippen molar-refractivity contribution in [1.82, 2.24) is 10.2 Å². The average Bonchev–Trinajstić information content (AvgIpc) is 2.15. The molecule has 16 heavy (non-hydrogen) atoms. The highest BCUT2D eigenvalue weighted by molar-refractivity contribution is 5.69. The zero-order valence-corrected chi connectivity index (χ0v) is 11.2. The number of rotatable bonds is 8. The molecule has 1 N–H and O–H groups in total. The fraction of sp³-hybridized carbons (Fsp3) is 0.917. The summed E-state index contributed by atoms with van der Waals surface area (Å²) in [6.45, 7) is 6.12. The Morgan fingerprint density at radius 3 is 2.44 bits per heavy atom. The van der Waals surface area contributed by atoms with E-state index in [4.69, 9.17) is 0 Å². The number of nitrogens with one attached hydrogen (secondary N) is 1. The SMILES string of the molecule is COC(=O)CCNC(CC(C)C)CN(C)C. The van der Waals surface area contributed by atoms with Crippen molar-refractivity contribution >= 4 is 5.97 Å². The monoisotopic (exact) mass is 230 g/mol. The van der Waals surface area contributed by atoms with Gasteiger partial charge in [-0.1, -0.05) is 13.8 Å². The molecule has 0 aliphatic heterocycles. The van der Waals surface area contributed by atoms with Gasteiger partial charge in [0.05, 0.1) is 13.5 Å². The minimum absolute atomic E-state index is 0.152. The number of methoxy groups -OCH3 is 1. The van der Waals surface area contributed by atoms with E-state index in [2.05, 4.69) is 42.9 Å². The summed E-state index contributed by atoms with van der Waals surface area (Å²) in [4.78, 5) is 13.1. The summed E-state index contributed by atoms with van der Waals surface area (Å²) in [5.41, 5.74) is 0. The highest BCUT2D eigenvalue weighted by atomic mass is 16.5. The van der Waals surface area contributed by atoms with Crippen molar-refractivity contribution in [3.8, 4) is 0 Å². The van der Waals surface area contributed by atoms with Crippen LogP contribution in [0.1, 0.15) is 26.7 Å². The summed E-state index contributed by atoms with van der Waals surface area (Å²) in [6.07, 6.45) is 1.57. The van der Waals surface area contributed by atoms with Crippen LogP contribution in [0.5, 0.6) is 0 Å². The van der Waals surface area contributed by atoms with Crippen LogP contribution in [0.2, 0.25) is 0 Å². The quantitative estimate of drug-likeness (QED) is 0.634. The molecule has 0 aromatic rings. The molecule has 0 radical (unpaired) electrons. The van der Waals surface area contributed by atoms with Gasteiger partial charge in [-0.25, -0.2) is 0 Å². The number of esters is 1. The summed E-state index contributed by atoms with van der Waals surface area (Å²) in [6, 6.07) is 0.444. The van der Waals surface area contributed by atoms with Crippen LogP contribution in [0, 0.1) is 5.92 Å². The lowest BCUT2D eigenvalue weighted by molar-refractivity contribution is -0.140. The van der Waals surface area contributed by atoms with Gasteiger partial charge in [0.1, 0.15) is 0 Å². The number of hydrogen-bond donors (Lipinski definition) is 1. The van der Waals surface area contributed by atoms with Gasteiger partial charge in [0, 0.05) is 19.1 Å². The van der Waals surface area contributed by atoms with Crippen LogP contribution >= 0.6 is 0 Å². The third-order valence-electron chi connectivity index (χ3n) is 2.33. The molecule has 1 unspecified atom stereocenters. The summed E-state index contributed by atoms with van der Waals surface area (Å²) in [5, 5.41) is 3.41. The van der Waals surface area contributed by atoms with Gasteiger partial charge in [-0.3, -0.25) is 4.79 Å². The van der Waals surface area contributed by atoms with Crippen LogP contribution in [0.25, 0.3) is 0 Å². The van der Waals surface area contributed by atoms with Gasteiger partial charge in [0.15, 0.2) is 0 Å². The number of carbonyl (C=O) groups excluding carboxylic acids is 1. The molecule has 0 aliphatic carbocycles. The van der Waals surface area contributed by atoms with Gasteiger partial charge in [0.25, 0.3) is 0 Å². The van der Waals surface area contributed by atoms with Crippen molar-refractivity contribution in [3.63, 3.8) is 0 Å². The molecule has 0 amide bonds. The van der Waals surface area contributed by atoms with Gasteiger partial charge in [-0.2, -0.15) is 0 Å². The molecular formula is C12H26N2O2. The zero-order chi connectivity index (χ0) is 12.6. The van der Waals surface area contributed by atoms with Gasteiger partial charge in [-0.05, 0) is 26.4 Å². The van der Waals surface area contributed by atoms with Crippen molar-refractivity contribution in [3.05, 3.63) is 0 Å². The smallest absolute Gasteiger partial charge is 0.306 e. The van der Waals surface area contributed by atoms with E-state index >= 15 is 0 Å². The first kappa shape index (κ1) is 15.4. The van der Waals surface area contributed by atoms with E-state index in [1.54, 1.807) is 0 Å². The lowest BCUT2D eigenvalue weighted by Gasteiger charge is -2.23. The van der Waals surface area contributed by atoms with E-state index in [9.17, 15) is 4.79 Å². The molecule has 1 atom stereocenters. The Morgan fingerprint density at radius 1 is 1.38 bits per heavy atom. The number of ether oxygens (including phenoxy) is 1. The van der Waals surface area contributed by atoms with E-state index in [-0.39, 0.29) is 5.97 Å². The average molecular weight is 230 g/mol. The standard InChI is InChI=1S/C12H26N2O2/c1-10(2)8-11(9-14(3)4)13-7-6-12(15)16-5/h10-11,13H,6-9H2,1-5H3. The molecule has 0 heterocycles. The molecule has 0 aromatic carbocycles. The van der Waals surface area contributed by atoms with Crippen LogP contribution in [0.3, 0.4) is 0 Å². The Hall–Kier alpha value is -0.610. The van der Waals surface area contributed by atoms with Gasteiger partial charge in [0.2, 0.25) is 0 Å². The first-order valence-corrected chi connectivity index (χ1v) is 5.90. The fourth-order valence-electron chi connectivity index (χ4n) is 1.71. The molecule has 0 rings (SSSR count). The Kier molecular flexibility index (Phi) is 8.21. The Bertz CT molecular complexity index is 183. The second-order valence-electron chi connectivity index (χ2n) is 4.87. The highest BCUT2D eigenvalue weighted by Gasteiger charge is 2.11. The molecule has 4 nitrogen and oxygen atoms in total. The second kappa shape index (κ2) is 8.53. The van der Waals surface area contributed by atoms with Gasteiger partial charge < -0.3 is 15.0 Å². The topological polar surface area (TPSA) is 41.6 Å². The second-order valence-corrected chi connectivity index (χ2v) is 4.87. The lowest BCUT2D eigenvalue weighted by Crippen LogP contribution is -2.40. The Morgan fingerprint density at radius 2 is 2.00 bits per heavy atom. The third-order valence-corrected chi connectivity index (χ3v) is 2.33. The van der Waals surface area contributed by atoms with E-state index in [0.717, 1.165) is 13.0 Å². The summed E-state index contributed by atoms with van der Waals surface area (Å²) in [5.74, 6) is 0.510. The maximum atomic E-state index is 11.0. The molecule has 0 fully saturated rings. The van der Waals surface area contributed by atoms with Crippen LogP contribution in [-0.4, -0.2) is 51.2 Å². The number of nitrogens with zero attached hydrogens (tertiary/aromatic N) is 1. The normalized spacial score (nSPS) is 13.2. The highest BCUT2D eigenvalue weighted by Crippen LogP contribution is 2.05. The minimum atomic E-state index is -0.152. The molecule has 0 spiro atoms. The molecular weight excluding hydrogens is 204 g/mol. The molecule has 0 aliphatic rings. The third kappa shape index (κ3) is 8.68. The first-order chi connectivity index (χ1) is 7.45. The zero-order valence-electron chi connectivity index (χ0n) is 11.2. The van der Waals surface area contributed by atoms with Gasteiger partial charge in [-0.15, -0.1) is 0 Å². The summed E-state index contributed by atoms with van der Waals surface area (Å²) in [7, 11) is 5.55. The molecule has 0 saturated carbocycles. The van der Waals surface area contributed by atoms with Crippen molar-refractivity contribution in [2.45, 2.75) is 32.7 Å². The predicted octanol–water partition coefficient (Wildman–Crippen LogP) is 1.12. The van der Waals surface area contributed by atoms with Crippen molar-refractivity contribution < 1.29 is 9.53 Å². The number of carbonyl (C=O) groups is 1. The summed E-state index contributed by atoms with van der Waals surface area (Å²) < 4.78 is 4.60. The van der Waals surface area contributed by atoms with Crippen LogP contribution in [-0.2, 0) is 9.53 Å². The van der Waals surface area contributed by atoms with Crippen LogP contribution < -0.4 is 5.32 Å². The largest absolute Gasteiger partial charge is 0.469 e. The Balaban J connectivity index is 3.86. The van der Waals surface area contributed by atoms with E-state index in [1.807, 2.05) is 0 Å². The maximum absolute atomic E-state index is 11.0. The number of hydrogen-bond acceptors (Lipinski definition) is 4. The van der Waals surface area contributed by atoms with Crippen LogP contribution in [0.15, 0.2) is 0 Å². The molecule has 4 heteroatoms. The predicted molar refractivity (Wildman–Crippen MR) is 66.4 cm³/mol. The number of likely N-dealkylation sites (N-methyl/N-ethyl adjacent to an activating group) is 1. The van der Waals surface area contributed by atoms with Crippen molar-refractivity contribution in [2.24, 2.45) is 5.92 Å². The molecule has 0 bridgehead atoms. The minimum Gasteiger partial charge on any atom is -0.469 e. The molecule has 0 aromatic heterocycles. The fourth-order valence-corrected chi connectivity index (χ4v) is 1.71. The van der Waals surface area contributed by atoms with E-state index < -0.39 is 0 Å². The maximum Gasteiger partial charge on any atom is 0.306 e. The van der Waals surface area contributed by atoms with Crippen LogP contribution in [0.4, 0.5) is 0 Å². The molecule has 96 valence electrons. The lowest BCUT2D eigenvalue weighted by atomic mass is 10.0. The van der Waals surface area contributed by atoms with E-state index in [0.29, 0.717) is 24.9 Å². The van der Waals surface area contributed by atoms with Crippen molar-refractivity contribution in [1.29, 1.82) is 0 Å². The first-order valence-electron chi connectivity index (χ1n) is 5.90.